The Bertz CT molecular complexity index is 1240. The van der Waals surface area contributed by atoms with Crippen LogP contribution in [0.25, 0.3) is 5.69 Å². The van der Waals surface area contributed by atoms with Gasteiger partial charge in [0.05, 0.1) is 19.3 Å². The van der Waals surface area contributed by atoms with Crippen molar-refractivity contribution >= 4 is 17.7 Å². The quantitative estimate of drug-likeness (QED) is 0.406. The van der Waals surface area contributed by atoms with Crippen LogP contribution in [0, 0.1) is 29.0 Å². The number of amides is 1. The molecule has 4 aliphatic rings. The number of hydrogen-bond acceptors (Lipinski definition) is 5. The number of hydrogen-bond donors (Lipinski definition) is 1. The third kappa shape index (κ3) is 4.40. The summed E-state index contributed by atoms with van der Waals surface area (Å²) in [5.74, 6) is 3.94. The summed E-state index contributed by atoms with van der Waals surface area (Å²) in [5, 5.41) is 12.8. The number of para-hydroxylation sites is 2. The zero-order valence-electron chi connectivity index (χ0n) is 20.5. The first kappa shape index (κ1) is 23.5. The highest BCUT2D eigenvalue weighted by atomic mass is 32.2. The van der Waals surface area contributed by atoms with E-state index in [0.29, 0.717) is 46.8 Å². The van der Waals surface area contributed by atoms with Crippen molar-refractivity contribution in [2.24, 2.45) is 23.2 Å². The standard InChI is InChI=1S/C28H31FN4O2S/c1-35-24-8-3-2-7-23(24)33-25(31-32-27(33)36-17-18-5-4-6-22(29)12-18)16-30-26(34)28-13-19-9-20(14-28)11-21(10-19)15-28/h2-8,12,19-21H,9-11,13-17H2,1H3,(H,30,34). The number of ether oxygens (including phenoxy) is 1. The lowest BCUT2D eigenvalue weighted by atomic mass is 9.49. The fourth-order valence-electron chi connectivity index (χ4n) is 7.07. The Morgan fingerprint density at radius 1 is 1.08 bits per heavy atom. The number of thioether (sulfide) groups is 1. The van der Waals surface area contributed by atoms with Crippen molar-refractivity contribution in [2.75, 3.05) is 7.11 Å². The third-order valence-corrected chi connectivity index (χ3v) is 9.21. The summed E-state index contributed by atoms with van der Waals surface area (Å²) < 4.78 is 21.3. The van der Waals surface area contributed by atoms with Gasteiger partial charge in [-0.2, -0.15) is 0 Å². The number of halogens is 1. The average Bonchev–Trinajstić information content (AvgIpc) is 3.27. The maximum Gasteiger partial charge on any atom is 0.226 e. The second-order valence-corrected chi connectivity index (χ2v) is 11.6. The van der Waals surface area contributed by atoms with Gasteiger partial charge in [-0.25, -0.2) is 4.39 Å². The van der Waals surface area contributed by atoms with Gasteiger partial charge >= 0.3 is 0 Å². The summed E-state index contributed by atoms with van der Waals surface area (Å²) in [6.45, 7) is 0.298. The molecule has 0 radical (unpaired) electrons. The highest BCUT2D eigenvalue weighted by molar-refractivity contribution is 7.98. The topological polar surface area (TPSA) is 69.0 Å². The maximum atomic E-state index is 13.7. The predicted octanol–water partition coefficient (Wildman–Crippen LogP) is 5.54. The molecule has 1 amide bonds. The van der Waals surface area contributed by atoms with Crippen LogP contribution in [-0.4, -0.2) is 27.8 Å². The van der Waals surface area contributed by atoms with Gasteiger partial charge in [0.15, 0.2) is 11.0 Å². The molecular formula is C28H31FN4O2S. The van der Waals surface area contributed by atoms with Crippen LogP contribution in [0.5, 0.6) is 5.75 Å². The number of rotatable bonds is 8. The lowest BCUT2D eigenvalue weighted by Crippen LogP contribution is -2.53. The van der Waals surface area contributed by atoms with Crippen molar-refractivity contribution in [3.8, 4) is 11.4 Å². The van der Waals surface area contributed by atoms with Gasteiger partial charge in [0.1, 0.15) is 11.6 Å². The van der Waals surface area contributed by atoms with Gasteiger partial charge in [0.25, 0.3) is 0 Å². The minimum atomic E-state index is -0.257. The summed E-state index contributed by atoms with van der Waals surface area (Å²) >= 11 is 1.48. The van der Waals surface area contributed by atoms with E-state index in [-0.39, 0.29) is 17.1 Å². The lowest BCUT2D eigenvalue weighted by molar-refractivity contribution is -0.146. The van der Waals surface area contributed by atoms with Crippen LogP contribution >= 0.6 is 11.8 Å². The van der Waals surface area contributed by atoms with Gasteiger partial charge in [0.2, 0.25) is 5.91 Å². The number of carbonyl (C=O) groups excluding carboxylic acids is 1. The number of aromatic nitrogens is 3. The van der Waals surface area contributed by atoms with Crippen LogP contribution in [0.2, 0.25) is 0 Å². The summed E-state index contributed by atoms with van der Waals surface area (Å²) in [6, 6.07) is 14.3. The Hall–Kier alpha value is -2.87. The summed E-state index contributed by atoms with van der Waals surface area (Å²) in [5.41, 5.74) is 1.47. The molecule has 4 saturated carbocycles. The zero-order valence-corrected chi connectivity index (χ0v) is 21.3. The molecule has 0 unspecified atom stereocenters. The first-order chi connectivity index (χ1) is 17.5. The molecule has 0 atom stereocenters. The van der Waals surface area contributed by atoms with Gasteiger partial charge < -0.3 is 10.1 Å². The Morgan fingerprint density at radius 3 is 2.50 bits per heavy atom. The van der Waals surface area contributed by atoms with Gasteiger partial charge in [-0.15, -0.1) is 10.2 Å². The Labute approximate surface area is 215 Å². The van der Waals surface area contributed by atoms with E-state index in [1.165, 1.54) is 43.2 Å². The molecule has 2 aromatic carbocycles. The highest BCUT2D eigenvalue weighted by Crippen LogP contribution is 2.60. The fraction of sp³-hybridized carbons (Fsp3) is 0.464. The van der Waals surface area contributed by atoms with Crippen LogP contribution in [0.3, 0.4) is 0 Å². The smallest absolute Gasteiger partial charge is 0.226 e. The summed E-state index contributed by atoms with van der Waals surface area (Å²) in [7, 11) is 1.64. The molecule has 8 heteroatoms. The van der Waals surface area contributed by atoms with E-state index in [4.69, 9.17) is 4.74 Å². The van der Waals surface area contributed by atoms with Gasteiger partial charge in [-0.3, -0.25) is 9.36 Å². The van der Waals surface area contributed by atoms with E-state index in [1.54, 1.807) is 13.2 Å². The summed E-state index contributed by atoms with van der Waals surface area (Å²) in [6.07, 6.45) is 7.00. The largest absolute Gasteiger partial charge is 0.495 e. The normalized spacial score (nSPS) is 26.2. The molecule has 6 nitrogen and oxygen atoms in total. The van der Waals surface area contributed by atoms with E-state index >= 15 is 0 Å². The molecule has 36 heavy (non-hydrogen) atoms. The Kier molecular flexibility index (Phi) is 6.23. The van der Waals surface area contributed by atoms with Crippen LogP contribution in [0.4, 0.5) is 4.39 Å². The number of carbonyl (C=O) groups is 1. The molecule has 4 bridgehead atoms. The Balaban J connectivity index is 1.25. The van der Waals surface area contributed by atoms with E-state index in [0.717, 1.165) is 30.5 Å². The predicted molar refractivity (Wildman–Crippen MR) is 136 cm³/mol. The second kappa shape index (κ2) is 9.54. The first-order valence-electron chi connectivity index (χ1n) is 12.8. The van der Waals surface area contributed by atoms with Crippen LogP contribution in [0.15, 0.2) is 53.7 Å². The number of nitrogens with zero attached hydrogens (tertiary/aromatic N) is 3. The molecule has 4 fully saturated rings. The molecular weight excluding hydrogens is 475 g/mol. The molecule has 0 aliphatic heterocycles. The highest BCUT2D eigenvalue weighted by Gasteiger charge is 2.54. The Morgan fingerprint density at radius 2 is 1.81 bits per heavy atom. The molecule has 0 spiro atoms. The molecule has 4 aliphatic carbocycles. The van der Waals surface area contributed by atoms with E-state index in [1.807, 2.05) is 34.9 Å². The zero-order chi connectivity index (χ0) is 24.7. The van der Waals surface area contributed by atoms with Crippen molar-refractivity contribution in [1.29, 1.82) is 0 Å². The van der Waals surface area contributed by atoms with Crippen LogP contribution < -0.4 is 10.1 Å². The fourth-order valence-corrected chi connectivity index (χ4v) is 7.98. The SMILES string of the molecule is COc1ccccc1-n1c(CNC(=O)C23CC4CC(CC(C4)C2)C3)nnc1SCc1cccc(F)c1. The van der Waals surface area contributed by atoms with Gasteiger partial charge in [-0.05, 0) is 86.1 Å². The van der Waals surface area contributed by atoms with Crippen molar-refractivity contribution in [2.45, 2.75) is 56.0 Å². The molecule has 7 rings (SSSR count). The van der Waals surface area contributed by atoms with E-state index in [9.17, 15) is 9.18 Å². The molecule has 1 N–H and O–H groups in total. The van der Waals surface area contributed by atoms with Crippen molar-refractivity contribution in [1.82, 2.24) is 20.1 Å². The van der Waals surface area contributed by atoms with E-state index in [2.05, 4.69) is 15.5 Å². The first-order valence-corrected chi connectivity index (χ1v) is 13.7. The third-order valence-electron chi connectivity index (χ3n) is 8.21. The lowest BCUT2D eigenvalue weighted by Gasteiger charge is -2.55. The van der Waals surface area contributed by atoms with Gasteiger partial charge in [0, 0.05) is 11.2 Å². The monoisotopic (exact) mass is 506 g/mol. The van der Waals surface area contributed by atoms with Crippen molar-refractivity contribution in [3.05, 3.63) is 65.7 Å². The molecule has 1 aromatic heterocycles. The maximum absolute atomic E-state index is 13.7. The van der Waals surface area contributed by atoms with Gasteiger partial charge in [-0.1, -0.05) is 36.0 Å². The van der Waals surface area contributed by atoms with Crippen LogP contribution in [-0.2, 0) is 17.1 Å². The molecule has 0 saturated heterocycles. The molecule has 3 aromatic rings. The molecule has 1 heterocycles. The molecule has 188 valence electrons. The number of benzene rings is 2. The van der Waals surface area contributed by atoms with Crippen LogP contribution in [0.1, 0.15) is 49.9 Å². The van der Waals surface area contributed by atoms with E-state index < -0.39 is 0 Å². The van der Waals surface area contributed by atoms with Crippen molar-refractivity contribution in [3.63, 3.8) is 0 Å². The minimum absolute atomic E-state index is 0.171. The number of methoxy groups -OCH3 is 1. The second-order valence-electron chi connectivity index (χ2n) is 10.7. The average molecular weight is 507 g/mol. The summed E-state index contributed by atoms with van der Waals surface area (Å²) in [4.78, 5) is 13.6. The minimum Gasteiger partial charge on any atom is -0.495 e. The van der Waals surface area contributed by atoms with Crippen molar-refractivity contribution < 1.29 is 13.9 Å². The number of nitrogens with one attached hydrogen (secondary N) is 1.